The van der Waals surface area contributed by atoms with Gasteiger partial charge in [0.15, 0.2) is 0 Å². The van der Waals surface area contributed by atoms with Crippen LogP contribution in [0.15, 0.2) is 0 Å². The van der Waals surface area contributed by atoms with E-state index in [2.05, 4.69) is 58.7 Å². The molecule has 0 aromatic carbocycles. The maximum absolute atomic E-state index is 12.8. The van der Waals surface area contributed by atoms with Crippen molar-refractivity contribution in [2.45, 2.75) is 86.0 Å². The first-order valence-corrected chi connectivity index (χ1v) is 8.41. The molecule has 20 heavy (non-hydrogen) atoms. The van der Waals surface area contributed by atoms with Crippen LogP contribution in [0, 0.1) is 17.8 Å². The van der Waals surface area contributed by atoms with Crippen LogP contribution in [0.3, 0.4) is 0 Å². The third kappa shape index (κ3) is 3.75. The Morgan fingerprint density at radius 1 is 1.10 bits per heavy atom. The van der Waals surface area contributed by atoms with E-state index in [1.807, 2.05) is 0 Å². The second kappa shape index (κ2) is 7.44. The molecule has 0 aromatic rings. The van der Waals surface area contributed by atoms with Gasteiger partial charge in [0.1, 0.15) is 0 Å². The van der Waals surface area contributed by atoms with E-state index in [1.165, 1.54) is 0 Å². The maximum Gasteiger partial charge on any atom is 0.241 e. The van der Waals surface area contributed by atoms with E-state index in [9.17, 15) is 4.79 Å². The summed E-state index contributed by atoms with van der Waals surface area (Å²) >= 11 is 0. The molecule has 118 valence electrons. The fourth-order valence-corrected chi connectivity index (χ4v) is 3.46. The Bertz CT molecular complexity index is 310. The minimum Gasteiger partial charge on any atom is -0.323 e. The molecule has 3 unspecified atom stereocenters. The number of nitrogens with one attached hydrogen (secondary N) is 1. The Balaban J connectivity index is 2.94. The molecule has 0 aromatic heterocycles. The van der Waals surface area contributed by atoms with Crippen molar-refractivity contribution >= 4 is 5.91 Å². The SMILES string of the molecule is CCC(CC)C(C)N1C(=O)C(C(C)C)NC1CC(C)C. The minimum absolute atomic E-state index is 0.00411. The molecule has 3 heteroatoms. The van der Waals surface area contributed by atoms with Gasteiger partial charge in [0, 0.05) is 6.04 Å². The molecule has 1 saturated heterocycles. The molecule has 0 spiro atoms. The molecule has 1 amide bonds. The standard InChI is InChI=1S/C17H34N2O/c1-8-14(9-2)13(7)19-15(10-11(3)4)18-16(12(5)6)17(19)20/h11-16,18H,8-10H2,1-7H3. The molecule has 0 bridgehead atoms. The van der Waals surface area contributed by atoms with Crippen molar-refractivity contribution in [1.29, 1.82) is 0 Å². The van der Waals surface area contributed by atoms with E-state index in [-0.39, 0.29) is 12.2 Å². The lowest BCUT2D eigenvalue weighted by Gasteiger charge is -2.35. The molecule has 0 saturated carbocycles. The summed E-state index contributed by atoms with van der Waals surface area (Å²) in [5.41, 5.74) is 0. The number of hydrogen-bond acceptors (Lipinski definition) is 2. The zero-order valence-corrected chi connectivity index (χ0v) is 14.4. The highest BCUT2D eigenvalue weighted by molar-refractivity contribution is 5.85. The molecular weight excluding hydrogens is 248 g/mol. The Morgan fingerprint density at radius 3 is 2.05 bits per heavy atom. The average molecular weight is 282 g/mol. The van der Waals surface area contributed by atoms with Gasteiger partial charge in [-0.05, 0) is 31.1 Å². The number of amides is 1. The molecule has 0 aliphatic carbocycles. The Hall–Kier alpha value is -0.570. The summed E-state index contributed by atoms with van der Waals surface area (Å²) in [5.74, 6) is 1.87. The lowest BCUT2D eigenvalue weighted by atomic mass is 9.93. The summed E-state index contributed by atoms with van der Waals surface area (Å²) in [6.45, 7) is 15.4. The summed E-state index contributed by atoms with van der Waals surface area (Å²) in [4.78, 5) is 14.9. The van der Waals surface area contributed by atoms with Crippen LogP contribution in [0.5, 0.6) is 0 Å². The molecule has 1 rings (SSSR count). The van der Waals surface area contributed by atoms with Gasteiger partial charge >= 0.3 is 0 Å². The van der Waals surface area contributed by atoms with Crippen LogP contribution in [-0.4, -0.2) is 29.1 Å². The zero-order chi connectivity index (χ0) is 15.4. The van der Waals surface area contributed by atoms with Crippen LogP contribution in [0.25, 0.3) is 0 Å². The molecule has 1 aliphatic heterocycles. The van der Waals surface area contributed by atoms with Crippen LogP contribution < -0.4 is 5.32 Å². The summed E-state index contributed by atoms with van der Waals surface area (Å²) in [6.07, 6.45) is 3.54. The molecule has 1 fully saturated rings. The van der Waals surface area contributed by atoms with Gasteiger partial charge < -0.3 is 4.90 Å². The average Bonchev–Trinajstić information content (AvgIpc) is 2.66. The third-order valence-electron chi connectivity index (χ3n) is 4.76. The van der Waals surface area contributed by atoms with E-state index >= 15 is 0 Å². The summed E-state index contributed by atoms with van der Waals surface area (Å²) in [6, 6.07) is 0.327. The van der Waals surface area contributed by atoms with Gasteiger partial charge in [-0.1, -0.05) is 54.4 Å². The topological polar surface area (TPSA) is 32.3 Å². The zero-order valence-electron chi connectivity index (χ0n) is 14.4. The largest absolute Gasteiger partial charge is 0.323 e. The fourth-order valence-electron chi connectivity index (χ4n) is 3.46. The third-order valence-corrected chi connectivity index (χ3v) is 4.76. The molecule has 1 aliphatic rings. The van der Waals surface area contributed by atoms with Crippen LogP contribution in [0.4, 0.5) is 0 Å². The molecular formula is C17H34N2O. The second-order valence-electron chi connectivity index (χ2n) is 7.10. The number of hydrogen-bond donors (Lipinski definition) is 1. The summed E-state index contributed by atoms with van der Waals surface area (Å²) in [7, 11) is 0. The molecule has 3 nitrogen and oxygen atoms in total. The van der Waals surface area contributed by atoms with E-state index in [0.717, 1.165) is 19.3 Å². The van der Waals surface area contributed by atoms with Crippen molar-refractivity contribution in [3.8, 4) is 0 Å². The van der Waals surface area contributed by atoms with Gasteiger partial charge in [0.25, 0.3) is 0 Å². The van der Waals surface area contributed by atoms with E-state index in [1.54, 1.807) is 0 Å². The van der Waals surface area contributed by atoms with Crippen molar-refractivity contribution in [2.24, 2.45) is 17.8 Å². The Kier molecular flexibility index (Phi) is 6.50. The lowest BCUT2D eigenvalue weighted by Crippen LogP contribution is -2.47. The van der Waals surface area contributed by atoms with Crippen molar-refractivity contribution in [3.63, 3.8) is 0 Å². The Labute approximate surface area is 125 Å². The van der Waals surface area contributed by atoms with Crippen molar-refractivity contribution < 1.29 is 4.79 Å². The van der Waals surface area contributed by atoms with Gasteiger partial charge in [0.05, 0.1) is 12.2 Å². The van der Waals surface area contributed by atoms with Crippen LogP contribution in [-0.2, 0) is 4.79 Å². The first kappa shape index (κ1) is 17.5. The fraction of sp³-hybridized carbons (Fsp3) is 0.941. The predicted octanol–water partition coefficient (Wildman–Crippen LogP) is 3.64. The van der Waals surface area contributed by atoms with E-state index in [0.29, 0.717) is 29.7 Å². The van der Waals surface area contributed by atoms with Crippen molar-refractivity contribution in [1.82, 2.24) is 10.2 Å². The number of nitrogens with zero attached hydrogens (tertiary/aromatic N) is 1. The van der Waals surface area contributed by atoms with Crippen LogP contribution in [0.2, 0.25) is 0 Å². The highest BCUT2D eigenvalue weighted by Crippen LogP contribution is 2.28. The summed E-state index contributed by atoms with van der Waals surface area (Å²) < 4.78 is 0. The van der Waals surface area contributed by atoms with Gasteiger partial charge in [-0.2, -0.15) is 0 Å². The van der Waals surface area contributed by atoms with Gasteiger partial charge in [-0.15, -0.1) is 0 Å². The molecule has 0 radical (unpaired) electrons. The minimum atomic E-state index is -0.00411. The highest BCUT2D eigenvalue weighted by atomic mass is 16.2. The molecule has 1 heterocycles. The quantitative estimate of drug-likeness (QED) is 0.773. The normalized spacial score (nSPS) is 25.3. The van der Waals surface area contributed by atoms with Gasteiger partial charge in [0.2, 0.25) is 5.91 Å². The number of rotatable bonds is 7. The van der Waals surface area contributed by atoms with Gasteiger partial charge in [-0.25, -0.2) is 0 Å². The maximum atomic E-state index is 12.8. The monoisotopic (exact) mass is 282 g/mol. The number of carbonyl (C=O) groups is 1. The van der Waals surface area contributed by atoms with Crippen molar-refractivity contribution in [2.75, 3.05) is 0 Å². The van der Waals surface area contributed by atoms with Gasteiger partial charge in [-0.3, -0.25) is 10.1 Å². The van der Waals surface area contributed by atoms with E-state index in [4.69, 9.17) is 0 Å². The van der Waals surface area contributed by atoms with Crippen LogP contribution >= 0.6 is 0 Å². The second-order valence-corrected chi connectivity index (χ2v) is 7.10. The molecule has 3 atom stereocenters. The Morgan fingerprint density at radius 2 is 1.65 bits per heavy atom. The lowest BCUT2D eigenvalue weighted by molar-refractivity contribution is -0.134. The molecule has 1 N–H and O–H groups in total. The van der Waals surface area contributed by atoms with Crippen molar-refractivity contribution in [3.05, 3.63) is 0 Å². The first-order valence-electron chi connectivity index (χ1n) is 8.41. The predicted molar refractivity (Wildman–Crippen MR) is 85.4 cm³/mol. The smallest absolute Gasteiger partial charge is 0.241 e. The summed E-state index contributed by atoms with van der Waals surface area (Å²) in [5, 5.41) is 3.58. The van der Waals surface area contributed by atoms with E-state index < -0.39 is 0 Å². The highest BCUT2D eigenvalue weighted by Gasteiger charge is 2.43. The first-order chi connectivity index (χ1) is 9.33. The number of carbonyl (C=O) groups excluding carboxylic acids is 1. The van der Waals surface area contributed by atoms with Crippen LogP contribution in [0.1, 0.15) is 67.7 Å².